The summed E-state index contributed by atoms with van der Waals surface area (Å²) in [4.78, 5) is 2.09. The Morgan fingerprint density at radius 2 is 1.85 bits per heavy atom. The van der Waals surface area contributed by atoms with Crippen LogP contribution in [0.2, 0.25) is 0 Å². The molecule has 0 atom stereocenters. The average molecular weight is 269 g/mol. The summed E-state index contributed by atoms with van der Waals surface area (Å²) >= 11 is 0. The Morgan fingerprint density at radius 1 is 1.15 bits per heavy atom. The second-order valence-corrected chi connectivity index (χ2v) is 4.84. The molecule has 2 N–H and O–H groups in total. The molecule has 0 aromatic heterocycles. The third-order valence-electron chi connectivity index (χ3n) is 3.01. The van der Waals surface area contributed by atoms with Gasteiger partial charge in [0.1, 0.15) is 11.9 Å². The van der Waals surface area contributed by atoms with E-state index in [1.54, 1.807) is 12.1 Å². The van der Waals surface area contributed by atoms with Gasteiger partial charge in [0.25, 0.3) is 0 Å². The van der Waals surface area contributed by atoms with Crippen LogP contribution in [0.15, 0.2) is 42.5 Å². The summed E-state index contributed by atoms with van der Waals surface area (Å²) in [5, 5.41) is 8.83. The van der Waals surface area contributed by atoms with Gasteiger partial charge < -0.3 is 5.73 Å². The van der Waals surface area contributed by atoms with E-state index in [0.717, 1.165) is 23.4 Å². The summed E-state index contributed by atoms with van der Waals surface area (Å²) in [6.07, 6.45) is 0. The Balaban J connectivity index is 2.05. The van der Waals surface area contributed by atoms with E-state index in [0.29, 0.717) is 6.54 Å². The van der Waals surface area contributed by atoms with Crippen molar-refractivity contribution in [1.29, 1.82) is 5.26 Å². The van der Waals surface area contributed by atoms with Crippen LogP contribution in [-0.2, 0) is 13.1 Å². The van der Waals surface area contributed by atoms with E-state index in [1.165, 1.54) is 6.07 Å². The molecule has 0 amide bonds. The smallest absolute Gasteiger partial charge is 0.140 e. The van der Waals surface area contributed by atoms with Crippen molar-refractivity contribution in [2.75, 3.05) is 12.8 Å². The fraction of sp³-hybridized carbons (Fsp3) is 0.188. The maximum Gasteiger partial charge on any atom is 0.140 e. The molecule has 4 heteroatoms. The van der Waals surface area contributed by atoms with Crippen LogP contribution in [0.3, 0.4) is 0 Å². The van der Waals surface area contributed by atoms with E-state index in [-0.39, 0.29) is 5.56 Å². The van der Waals surface area contributed by atoms with Crippen molar-refractivity contribution in [3.63, 3.8) is 0 Å². The van der Waals surface area contributed by atoms with Crippen molar-refractivity contribution >= 4 is 5.69 Å². The molecule has 0 aliphatic carbocycles. The predicted octanol–water partition coefficient (Wildman–Crippen LogP) is 2.91. The van der Waals surface area contributed by atoms with Gasteiger partial charge in [0.2, 0.25) is 0 Å². The van der Waals surface area contributed by atoms with E-state index in [2.05, 4.69) is 4.90 Å². The van der Waals surface area contributed by atoms with Crippen LogP contribution in [-0.4, -0.2) is 11.9 Å². The highest BCUT2D eigenvalue weighted by molar-refractivity contribution is 5.40. The quantitative estimate of drug-likeness (QED) is 0.868. The lowest BCUT2D eigenvalue weighted by Gasteiger charge is -2.17. The minimum atomic E-state index is -0.477. The van der Waals surface area contributed by atoms with Crippen LogP contribution in [0.5, 0.6) is 0 Å². The summed E-state index contributed by atoms with van der Waals surface area (Å²) in [5.41, 5.74) is 8.60. The highest BCUT2D eigenvalue weighted by atomic mass is 19.1. The number of halogens is 1. The van der Waals surface area contributed by atoms with E-state index >= 15 is 0 Å². The second-order valence-electron chi connectivity index (χ2n) is 4.84. The molecule has 0 saturated heterocycles. The topological polar surface area (TPSA) is 53.0 Å². The van der Waals surface area contributed by atoms with Gasteiger partial charge in [-0.3, -0.25) is 4.90 Å². The SMILES string of the molecule is CN(Cc1cccc(N)c1)Cc1ccc(F)c(C#N)c1. The van der Waals surface area contributed by atoms with Gasteiger partial charge in [0.15, 0.2) is 0 Å². The molecule has 3 nitrogen and oxygen atoms in total. The van der Waals surface area contributed by atoms with Crippen molar-refractivity contribution in [2.24, 2.45) is 0 Å². The van der Waals surface area contributed by atoms with E-state index < -0.39 is 5.82 Å². The number of rotatable bonds is 4. The zero-order valence-electron chi connectivity index (χ0n) is 11.3. The molecule has 0 saturated carbocycles. The third-order valence-corrected chi connectivity index (χ3v) is 3.01. The van der Waals surface area contributed by atoms with Crippen molar-refractivity contribution in [1.82, 2.24) is 4.90 Å². The zero-order chi connectivity index (χ0) is 14.5. The molecule has 102 valence electrons. The highest BCUT2D eigenvalue weighted by Crippen LogP contribution is 2.14. The van der Waals surface area contributed by atoms with Gasteiger partial charge in [0, 0.05) is 18.8 Å². The standard InChI is InChI=1S/C16H16FN3/c1-20(10-12-3-2-4-15(19)8-12)11-13-5-6-16(17)14(7-13)9-18/h2-8H,10-11,19H2,1H3. The summed E-state index contributed by atoms with van der Waals surface area (Å²) in [7, 11) is 1.97. The monoisotopic (exact) mass is 269 g/mol. The molecule has 0 aliphatic heterocycles. The van der Waals surface area contributed by atoms with Crippen LogP contribution in [0, 0.1) is 17.1 Å². The Morgan fingerprint density at radius 3 is 2.50 bits per heavy atom. The molecule has 20 heavy (non-hydrogen) atoms. The van der Waals surface area contributed by atoms with Gasteiger partial charge in [-0.05, 0) is 42.4 Å². The average Bonchev–Trinajstić information content (AvgIpc) is 2.41. The summed E-state index contributed by atoms with van der Waals surface area (Å²) in [6.45, 7) is 1.38. The number of anilines is 1. The normalized spacial score (nSPS) is 10.5. The maximum atomic E-state index is 13.2. The third kappa shape index (κ3) is 3.56. The molecule has 0 radical (unpaired) electrons. The van der Waals surface area contributed by atoms with Gasteiger partial charge >= 0.3 is 0 Å². The van der Waals surface area contributed by atoms with Crippen molar-refractivity contribution < 1.29 is 4.39 Å². The molecule has 2 aromatic carbocycles. The summed E-state index contributed by atoms with van der Waals surface area (Å²) < 4.78 is 13.2. The summed E-state index contributed by atoms with van der Waals surface area (Å²) in [6, 6.07) is 14.2. The Bertz CT molecular complexity index is 646. The first-order valence-corrected chi connectivity index (χ1v) is 6.30. The highest BCUT2D eigenvalue weighted by Gasteiger charge is 2.06. The lowest BCUT2D eigenvalue weighted by Crippen LogP contribution is -2.17. The van der Waals surface area contributed by atoms with Gasteiger partial charge in [-0.1, -0.05) is 18.2 Å². The Labute approximate surface area is 118 Å². The van der Waals surface area contributed by atoms with E-state index in [1.807, 2.05) is 37.4 Å². The molecule has 0 unspecified atom stereocenters. The Hall–Kier alpha value is -2.38. The van der Waals surface area contributed by atoms with Gasteiger partial charge in [-0.25, -0.2) is 4.39 Å². The van der Waals surface area contributed by atoms with Gasteiger partial charge in [-0.2, -0.15) is 5.26 Å². The van der Waals surface area contributed by atoms with Crippen LogP contribution >= 0.6 is 0 Å². The number of benzene rings is 2. The van der Waals surface area contributed by atoms with Crippen molar-refractivity contribution in [3.8, 4) is 6.07 Å². The molecule has 2 rings (SSSR count). The lowest BCUT2D eigenvalue weighted by molar-refractivity contribution is 0.319. The molecule has 2 aromatic rings. The van der Waals surface area contributed by atoms with Gasteiger partial charge in [0.05, 0.1) is 5.56 Å². The van der Waals surface area contributed by atoms with E-state index in [9.17, 15) is 4.39 Å². The number of hydrogen-bond acceptors (Lipinski definition) is 3. The molecular formula is C16H16FN3. The molecule has 0 bridgehead atoms. The number of nitriles is 1. The number of nitrogens with zero attached hydrogens (tertiary/aromatic N) is 2. The summed E-state index contributed by atoms with van der Waals surface area (Å²) in [5.74, 6) is -0.477. The van der Waals surface area contributed by atoms with Crippen LogP contribution in [0.25, 0.3) is 0 Å². The minimum absolute atomic E-state index is 0.0832. The molecule has 0 fully saturated rings. The molecular weight excluding hydrogens is 253 g/mol. The fourth-order valence-electron chi connectivity index (χ4n) is 2.13. The van der Waals surface area contributed by atoms with E-state index in [4.69, 9.17) is 11.0 Å². The fourth-order valence-corrected chi connectivity index (χ4v) is 2.13. The van der Waals surface area contributed by atoms with Crippen LogP contribution < -0.4 is 5.73 Å². The number of nitrogens with two attached hydrogens (primary N) is 1. The zero-order valence-corrected chi connectivity index (χ0v) is 11.3. The first-order chi connectivity index (χ1) is 9.58. The molecule has 0 spiro atoms. The van der Waals surface area contributed by atoms with Crippen LogP contribution in [0.1, 0.15) is 16.7 Å². The lowest BCUT2D eigenvalue weighted by atomic mass is 10.1. The first-order valence-electron chi connectivity index (χ1n) is 6.30. The number of nitrogen functional groups attached to an aromatic ring is 1. The first kappa shape index (κ1) is 14.0. The predicted molar refractivity (Wildman–Crippen MR) is 77.1 cm³/mol. The van der Waals surface area contributed by atoms with Crippen molar-refractivity contribution in [2.45, 2.75) is 13.1 Å². The van der Waals surface area contributed by atoms with Crippen LogP contribution in [0.4, 0.5) is 10.1 Å². The largest absolute Gasteiger partial charge is 0.399 e. The second kappa shape index (κ2) is 6.18. The number of hydrogen-bond donors (Lipinski definition) is 1. The van der Waals surface area contributed by atoms with Gasteiger partial charge in [-0.15, -0.1) is 0 Å². The Kier molecular flexibility index (Phi) is 4.34. The minimum Gasteiger partial charge on any atom is -0.399 e. The molecule has 0 aliphatic rings. The maximum absolute atomic E-state index is 13.2. The van der Waals surface area contributed by atoms with Crippen molar-refractivity contribution in [3.05, 3.63) is 65.0 Å². The molecule has 0 heterocycles.